The van der Waals surface area contributed by atoms with Crippen molar-refractivity contribution >= 4 is 11.9 Å². The average Bonchev–Trinajstić information content (AvgIpc) is 2.35. The SMILES string of the molecule is COC(=O)[C@@H](Cc1ccccc1)[C@H](C)NC(C)=O. The molecule has 0 heterocycles. The zero-order chi connectivity index (χ0) is 13.5. The molecule has 98 valence electrons. The van der Waals surface area contributed by atoms with Crippen molar-refractivity contribution in [1.29, 1.82) is 0 Å². The van der Waals surface area contributed by atoms with Gasteiger partial charge in [-0.05, 0) is 18.9 Å². The van der Waals surface area contributed by atoms with Crippen molar-refractivity contribution in [2.45, 2.75) is 26.3 Å². The van der Waals surface area contributed by atoms with Gasteiger partial charge in [0.25, 0.3) is 0 Å². The molecule has 0 aliphatic heterocycles. The zero-order valence-corrected chi connectivity index (χ0v) is 11.0. The van der Waals surface area contributed by atoms with Crippen molar-refractivity contribution in [3.8, 4) is 0 Å². The summed E-state index contributed by atoms with van der Waals surface area (Å²) in [6.45, 7) is 3.25. The number of carbonyl (C=O) groups excluding carboxylic acids is 2. The third kappa shape index (κ3) is 4.20. The molecule has 18 heavy (non-hydrogen) atoms. The number of benzene rings is 1. The molecule has 1 amide bonds. The van der Waals surface area contributed by atoms with Crippen LogP contribution in [-0.4, -0.2) is 25.0 Å². The van der Waals surface area contributed by atoms with Crippen LogP contribution in [0, 0.1) is 5.92 Å². The van der Waals surface area contributed by atoms with Crippen LogP contribution in [0.4, 0.5) is 0 Å². The highest BCUT2D eigenvalue weighted by atomic mass is 16.5. The van der Waals surface area contributed by atoms with Crippen LogP contribution in [0.25, 0.3) is 0 Å². The van der Waals surface area contributed by atoms with Crippen molar-refractivity contribution in [3.05, 3.63) is 35.9 Å². The predicted molar refractivity (Wildman–Crippen MR) is 68.9 cm³/mol. The molecular formula is C14H19NO3. The van der Waals surface area contributed by atoms with Gasteiger partial charge >= 0.3 is 5.97 Å². The Morgan fingerprint density at radius 3 is 2.39 bits per heavy atom. The molecule has 0 radical (unpaired) electrons. The molecule has 0 bridgehead atoms. The Labute approximate surface area is 107 Å². The second-order valence-corrected chi connectivity index (χ2v) is 4.31. The molecule has 0 saturated carbocycles. The lowest BCUT2D eigenvalue weighted by molar-refractivity contribution is -0.146. The molecule has 0 fully saturated rings. The summed E-state index contributed by atoms with van der Waals surface area (Å²) < 4.78 is 4.80. The minimum atomic E-state index is -0.374. The smallest absolute Gasteiger partial charge is 0.311 e. The maximum Gasteiger partial charge on any atom is 0.311 e. The monoisotopic (exact) mass is 249 g/mol. The highest BCUT2D eigenvalue weighted by Gasteiger charge is 2.26. The largest absolute Gasteiger partial charge is 0.469 e. The number of hydrogen-bond donors (Lipinski definition) is 1. The number of amides is 1. The van der Waals surface area contributed by atoms with E-state index in [0.717, 1.165) is 5.56 Å². The van der Waals surface area contributed by atoms with E-state index in [-0.39, 0.29) is 23.8 Å². The van der Waals surface area contributed by atoms with Crippen molar-refractivity contribution < 1.29 is 14.3 Å². The van der Waals surface area contributed by atoms with Gasteiger partial charge in [-0.3, -0.25) is 9.59 Å². The van der Waals surface area contributed by atoms with E-state index in [1.165, 1.54) is 14.0 Å². The Hall–Kier alpha value is -1.84. The fourth-order valence-corrected chi connectivity index (χ4v) is 1.90. The van der Waals surface area contributed by atoms with E-state index in [2.05, 4.69) is 5.32 Å². The Kier molecular flexibility index (Phi) is 5.36. The fourth-order valence-electron chi connectivity index (χ4n) is 1.90. The molecule has 4 nitrogen and oxygen atoms in total. The second kappa shape index (κ2) is 6.79. The molecule has 0 aliphatic carbocycles. The van der Waals surface area contributed by atoms with Crippen molar-refractivity contribution in [3.63, 3.8) is 0 Å². The second-order valence-electron chi connectivity index (χ2n) is 4.31. The van der Waals surface area contributed by atoms with E-state index < -0.39 is 0 Å². The summed E-state index contributed by atoms with van der Waals surface area (Å²) in [6, 6.07) is 9.43. The predicted octanol–water partition coefficient (Wildman–Crippen LogP) is 1.54. The summed E-state index contributed by atoms with van der Waals surface area (Å²) in [7, 11) is 1.36. The van der Waals surface area contributed by atoms with Crippen LogP contribution in [0.5, 0.6) is 0 Å². The number of carbonyl (C=O) groups is 2. The summed E-state index contributed by atoms with van der Waals surface area (Å²) in [5.74, 6) is -0.828. The van der Waals surface area contributed by atoms with Crippen LogP contribution in [-0.2, 0) is 20.7 Å². The summed E-state index contributed by atoms with van der Waals surface area (Å²) in [4.78, 5) is 22.8. The van der Waals surface area contributed by atoms with Gasteiger partial charge in [-0.2, -0.15) is 0 Å². The average molecular weight is 249 g/mol. The summed E-state index contributed by atoms with van der Waals surface area (Å²) in [5, 5.41) is 2.74. The van der Waals surface area contributed by atoms with Gasteiger partial charge in [0.2, 0.25) is 5.91 Å². The molecule has 4 heteroatoms. The van der Waals surface area contributed by atoms with Crippen molar-refractivity contribution in [2.24, 2.45) is 5.92 Å². The summed E-state index contributed by atoms with van der Waals surface area (Å²) in [6.07, 6.45) is 0.551. The molecule has 0 aromatic heterocycles. The van der Waals surface area contributed by atoms with Crippen LogP contribution < -0.4 is 5.32 Å². The van der Waals surface area contributed by atoms with Gasteiger partial charge in [-0.1, -0.05) is 30.3 Å². The van der Waals surface area contributed by atoms with Gasteiger partial charge in [-0.25, -0.2) is 0 Å². The van der Waals surface area contributed by atoms with E-state index in [4.69, 9.17) is 4.74 Å². The van der Waals surface area contributed by atoms with Gasteiger partial charge in [0.1, 0.15) is 0 Å². The van der Waals surface area contributed by atoms with E-state index >= 15 is 0 Å². The number of rotatable bonds is 5. The molecule has 0 unspecified atom stereocenters. The first-order chi connectivity index (χ1) is 8.54. The van der Waals surface area contributed by atoms with Gasteiger partial charge in [0.15, 0.2) is 0 Å². The standard InChI is InChI=1S/C14H19NO3/c1-10(15-11(2)16)13(14(17)18-3)9-12-7-5-4-6-8-12/h4-8,10,13H,9H2,1-3H3,(H,15,16)/t10-,13-/m0/s1. The van der Waals surface area contributed by atoms with E-state index in [0.29, 0.717) is 6.42 Å². The summed E-state index contributed by atoms with van der Waals surface area (Å²) >= 11 is 0. The number of hydrogen-bond acceptors (Lipinski definition) is 3. The first kappa shape index (κ1) is 14.2. The van der Waals surface area contributed by atoms with Gasteiger partial charge in [-0.15, -0.1) is 0 Å². The van der Waals surface area contributed by atoms with Crippen LogP contribution in [0.3, 0.4) is 0 Å². The third-order valence-electron chi connectivity index (χ3n) is 2.84. The molecule has 0 aliphatic rings. The Morgan fingerprint density at radius 2 is 1.89 bits per heavy atom. The number of nitrogens with one attached hydrogen (secondary N) is 1. The lowest BCUT2D eigenvalue weighted by Gasteiger charge is -2.22. The quantitative estimate of drug-likeness (QED) is 0.805. The Morgan fingerprint density at radius 1 is 1.28 bits per heavy atom. The fraction of sp³-hybridized carbons (Fsp3) is 0.429. The molecule has 1 rings (SSSR count). The first-order valence-corrected chi connectivity index (χ1v) is 5.93. The van der Waals surface area contributed by atoms with Crippen LogP contribution in [0.1, 0.15) is 19.4 Å². The minimum Gasteiger partial charge on any atom is -0.469 e. The van der Waals surface area contributed by atoms with E-state index in [9.17, 15) is 9.59 Å². The van der Waals surface area contributed by atoms with Crippen molar-refractivity contribution in [2.75, 3.05) is 7.11 Å². The highest BCUT2D eigenvalue weighted by molar-refractivity contribution is 5.77. The lowest BCUT2D eigenvalue weighted by Crippen LogP contribution is -2.41. The number of methoxy groups -OCH3 is 1. The third-order valence-corrected chi connectivity index (χ3v) is 2.84. The van der Waals surface area contributed by atoms with E-state index in [1.807, 2.05) is 37.3 Å². The molecule has 2 atom stereocenters. The van der Waals surface area contributed by atoms with E-state index in [1.54, 1.807) is 0 Å². The van der Waals surface area contributed by atoms with Crippen LogP contribution in [0.15, 0.2) is 30.3 Å². The topological polar surface area (TPSA) is 55.4 Å². The first-order valence-electron chi connectivity index (χ1n) is 5.93. The van der Waals surface area contributed by atoms with Crippen LogP contribution in [0.2, 0.25) is 0 Å². The Balaban J connectivity index is 2.79. The molecule has 0 saturated heterocycles. The maximum atomic E-state index is 11.8. The van der Waals surface area contributed by atoms with Crippen LogP contribution >= 0.6 is 0 Å². The zero-order valence-electron chi connectivity index (χ0n) is 11.0. The molecule has 1 aromatic carbocycles. The maximum absolute atomic E-state index is 11.8. The van der Waals surface area contributed by atoms with Crippen molar-refractivity contribution in [1.82, 2.24) is 5.32 Å². The molecular weight excluding hydrogens is 230 g/mol. The van der Waals surface area contributed by atoms with Gasteiger partial charge in [0.05, 0.1) is 13.0 Å². The van der Waals surface area contributed by atoms with Gasteiger partial charge in [0, 0.05) is 13.0 Å². The Bertz CT molecular complexity index is 403. The normalized spacial score (nSPS) is 13.5. The lowest BCUT2D eigenvalue weighted by atomic mass is 9.93. The number of ether oxygens (including phenoxy) is 1. The molecule has 0 spiro atoms. The molecule has 1 N–H and O–H groups in total. The van der Waals surface area contributed by atoms with Gasteiger partial charge < -0.3 is 10.1 Å². The summed E-state index contributed by atoms with van der Waals surface area (Å²) in [5.41, 5.74) is 1.05. The minimum absolute atomic E-state index is 0.149. The molecule has 1 aromatic rings. The highest BCUT2D eigenvalue weighted by Crippen LogP contribution is 2.14. The number of esters is 1.